The topological polar surface area (TPSA) is 118 Å². The number of ether oxygens (including phenoxy) is 1. The van der Waals surface area contributed by atoms with Crippen molar-refractivity contribution in [2.45, 2.75) is 19.6 Å². The number of aliphatic hydroxyl groups is 1. The van der Waals surface area contributed by atoms with Crippen LogP contribution in [0, 0.1) is 6.92 Å². The van der Waals surface area contributed by atoms with Crippen molar-refractivity contribution in [1.82, 2.24) is 20.1 Å². The molecule has 0 radical (unpaired) electrons. The van der Waals surface area contributed by atoms with Gasteiger partial charge in [-0.25, -0.2) is 14.5 Å². The van der Waals surface area contributed by atoms with Crippen LogP contribution in [0.2, 0.25) is 0 Å². The zero-order valence-corrected chi connectivity index (χ0v) is 17.9. The lowest BCUT2D eigenvalue weighted by atomic mass is 10.2. The molecule has 9 nitrogen and oxygen atoms in total. The number of carbonyl (C=O) groups is 2. The summed E-state index contributed by atoms with van der Waals surface area (Å²) in [6, 6.07) is 17.5. The van der Waals surface area contributed by atoms with Gasteiger partial charge >= 0.3 is 6.09 Å². The lowest BCUT2D eigenvalue weighted by Gasteiger charge is -2.16. The number of nitrogens with one attached hydrogen (secondary N) is 2. The van der Waals surface area contributed by atoms with Crippen molar-refractivity contribution in [1.29, 1.82) is 0 Å². The number of anilines is 1. The summed E-state index contributed by atoms with van der Waals surface area (Å²) in [5.74, 6) is -0.359. The van der Waals surface area contributed by atoms with Crippen molar-refractivity contribution < 1.29 is 19.4 Å². The van der Waals surface area contributed by atoms with E-state index in [1.165, 1.54) is 0 Å². The molecule has 2 aromatic carbocycles. The summed E-state index contributed by atoms with van der Waals surface area (Å²) in [4.78, 5) is 28.9. The third-order valence-electron chi connectivity index (χ3n) is 4.95. The number of aliphatic hydroxyl groups excluding tert-OH is 1. The van der Waals surface area contributed by atoms with Crippen LogP contribution in [-0.4, -0.2) is 44.5 Å². The number of pyridine rings is 1. The number of hydrogen-bond donors (Lipinski definition) is 3. The molecule has 0 aliphatic rings. The average molecular weight is 445 g/mol. The van der Waals surface area contributed by atoms with Gasteiger partial charge in [-0.3, -0.25) is 4.79 Å². The van der Waals surface area contributed by atoms with Gasteiger partial charge in [0.25, 0.3) is 5.91 Å². The maximum Gasteiger partial charge on any atom is 0.408 e. The molecule has 0 aliphatic carbocycles. The van der Waals surface area contributed by atoms with Gasteiger partial charge in [0.05, 0.1) is 24.0 Å². The van der Waals surface area contributed by atoms with Gasteiger partial charge in [0.15, 0.2) is 0 Å². The fourth-order valence-corrected chi connectivity index (χ4v) is 3.27. The number of aryl methyl sites for hydroxylation is 1. The molecular weight excluding hydrogens is 422 g/mol. The predicted molar refractivity (Wildman–Crippen MR) is 123 cm³/mol. The fourth-order valence-electron chi connectivity index (χ4n) is 3.27. The SMILES string of the molecule is Cc1cccc(-n2ncc3cnc(NC(=O)[C@H](CO)NC(=O)OCc4ccccc4)cc32)c1. The number of alkyl carbamates (subject to hydrolysis) is 1. The summed E-state index contributed by atoms with van der Waals surface area (Å²) in [7, 11) is 0. The highest BCUT2D eigenvalue weighted by atomic mass is 16.5. The lowest BCUT2D eigenvalue weighted by Crippen LogP contribution is -2.46. The van der Waals surface area contributed by atoms with Gasteiger partial charge in [-0.15, -0.1) is 0 Å². The Labute approximate surface area is 190 Å². The molecular formula is C24H23N5O4. The van der Waals surface area contributed by atoms with Crippen molar-refractivity contribution >= 4 is 28.7 Å². The van der Waals surface area contributed by atoms with Crippen LogP contribution in [0.3, 0.4) is 0 Å². The maximum absolute atomic E-state index is 12.6. The van der Waals surface area contributed by atoms with Gasteiger partial charge in [0.1, 0.15) is 18.5 Å². The van der Waals surface area contributed by atoms with E-state index in [4.69, 9.17) is 4.74 Å². The molecule has 9 heteroatoms. The Kier molecular flexibility index (Phi) is 6.61. The quantitative estimate of drug-likeness (QED) is 0.403. The summed E-state index contributed by atoms with van der Waals surface area (Å²) < 4.78 is 6.87. The zero-order chi connectivity index (χ0) is 23.2. The first-order valence-electron chi connectivity index (χ1n) is 10.3. The molecule has 33 heavy (non-hydrogen) atoms. The molecule has 0 aliphatic heterocycles. The highest BCUT2D eigenvalue weighted by Crippen LogP contribution is 2.21. The number of hydrogen-bond acceptors (Lipinski definition) is 6. The van der Waals surface area contributed by atoms with E-state index in [2.05, 4.69) is 20.7 Å². The largest absolute Gasteiger partial charge is 0.445 e. The van der Waals surface area contributed by atoms with Crippen LogP contribution in [0.15, 0.2) is 73.1 Å². The van der Waals surface area contributed by atoms with E-state index in [0.29, 0.717) is 0 Å². The van der Waals surface area contributed by atoms with Crippen molar-refractivity contribution in [3.8, 4) is 5.69 Å². The molecule has 2 amide bonds. The van der Waals surface area contributed by atoms with Crippen LogP contribution in [-0.2, 0) is 16.1 Å². The van der Waals surface area contributed by atoms with Gasteiger partial charge in [0, 0.05) is 17.6 Å². The molecule has 0 saturated heterocycles. The van der Waals surface area contributed by atoms with Gasteiger partial charge < -0.3 is 20.5 Å². The van der Waals surface area contributed by atoms with Crippen LogP contribution in [0.25, 0.3) is 16.6 Å². The third-order valence-corrected chi connectivity index (χ3v) is 4.95. The fraction of sp³-hybridized carbons (Fsp3) is 0.167. The highest BCUT2D eigenvalue weighted by molar-refractivity contribution is 5.97. The van der Waals surface area contributed by atoms with E-state index < -0.39 is 24.6 Å². The van der Waals surface area contributed by atoms with E-state index in [1.54, 1.807) is 23.1 Å². The van der Waals surface area contributed by atoms with E-state index in [-0.39, 0.29) is 12.4 Å². The standard InChI is InChI=1S/C24H23N5O4/c1-16-6-5-9-19(10-16)29-21-11-22(25-12-18(21)13-26-29)28-23(31)20(14-30)27-24(32)33-15-17-7-3-2-4-8-17/h2-13,20,30H,14-15H2,1H3,(H,27,32)(H,25,28,31)/t20-/m0/s1. The molecule has 0 fully saturated rings. The van der Waals surface area contributed by atoms with E-state index >= 15 is 0 Å². The van der Waals surface area contributed by atoms with E-state index in [9.17, 15) is 14.7 Å². The zero-order valence-electron chi connectivity index (χ0n) is 17.9. The summed E-state index contributed by atoms with van der Waals surface area (Å²) in [6.07, 6.45) is 2.48. The van der Waals surface area contributed by atoms with Gasteiger partial charge in [0.2, 0.25) is 0 Å². The first-order chi connectivity index (χ1) is 16.0. The van der Waals surface area contributed by atoms with Crippen LogP contribution < -0.4 is 10.6 Å². The van der Waals surface area contributed by atoms with Crippen LogP contribution >= 0.6 is 0 Å². The summed E-state index contributed by atoms with van der Waals surface area (Å²) >= 11 is 0. The van der Waals surface area contributed by atoms with Crippen LogP contribution in [0.1, 0.15) is 11.1 Å². The lowest BCUT2D eigenvalue weighted by molar-refractivity contribution is -0.118. The second-order valence-corrected chi connectivity index (χ2v) is 7.45. The van der Waals surface area contributed by atoms with Crippen LogP contribution in [0.4, 0.5) is 10.6 Å². The molecule has 2 aromatic heterocycles. The minimum absolute atomic E-state index is 0.0492. The predicted octanol–water partition coefficient (Wildman–Crippen LogP) is 2.95. The van der Waals surface area contributed by atoms with Gasteiger partial charge in [-0.05, 0) is 30.2 Å². The number of rotatable bonds is 7. The molecule has 4 rings (SSSR count). The monoisotopic (exact) mass is 445 g/mol. The Balaban J connectivity index is 1.43. The Morgan fingerprint density at radius 3 is 2.67 bits per heavy atom. The van der Waals surface area contributed by atoms with E-state index in [1.807, 2.05) is 61.5 Å². The first-order valence-corrected chi connectivity index (χ1v) is 10.3. The van der Waals surface area contributed by atoms with E-state index in [0.717, 1.165) is 27.7 Å². The Morgan fingerprint density at radius 2 is 1.91 bits per heavy atom. The van der Waals surface area contributed by atoms with Crippen molar-refractivity contribution in [3.63, 3.8) is 0 Å². The molecule has 0 saturated carbocycles. The Morgan fingerprint density at radius 1 is 1.09 bits per heavy atom. The van der Waals surface area contributed by atoms with Crippen molar-refractivity contribution in [2.75, 3.05) is 11.9 Å². The second kappa shape index (κ2) is 9.92. The minimum Gasteiger partial charge on any atom is -0.445 e. The molecule has 3 N–H and O–H groups in total. The van der Waals surface area contributed by atoms with Crippen LogP contribution in [0.5, 0.6) is 0 Å². The average Bonchev–Trinajstić information content (AvgIpc) is 3.25. The number of benzene rings is 2. The van der Waals surface area contributed by atoms with Crippen molar-refractivity contribution in [3.05, 3.63) is 84.2 Å². The number of carbonyl (C=O) groups excluding carboxylic acids is 2. The maximum atomic E-state index is 12.6. The number of amides is 2. The molecule has 168 valence electrons. The van der Waals surface area contributed by atoms with Gasteiger partial charge in [-0.2, -0.15) is 5.10 Å². The summed E-state index contributed by atoms with van der Waals surface area (Å²) in [6.45, 7) is 1.44. The Bertz CT molecular complexity index is 1270. The normalized spacial score (nSPS) is 11.7. The first kappa shape index (κ1) is 22.0. The molecule has 0 spiro atoms. The smallest absolute Gasteiger partial charge is 0.408 e. The second-order valence-electron chi connectivity index (χ2n) is 7.45. The van der Waals surface area contributed by atoms with Gasteiger partial charge in [-0.1, -0.05) is 42.5 Å². The Hall–Kier alpha value is -4.24. The summed E-state index contributed by atoms with van der Waals surface area (Å²) in [5, 5.41) is 19.8. The molecule has 4 aromatic rings. The number of fused-ring (bicyclic) bond motifs is 1. The minimum atomic E-state index is -1.20. The van der Waals surface area contributed by atoms with Crippen molar-refractivity contribution in [2.24, 2.45) is 0 Å². The molecule has 2 heterocycles. The summed E-state index contributed by atoms with van der Waals surface area (Å²) in [5.41, 5.74) is 3.53. The number of nitrogens with zero attached hydrogens (tertiary/aromatic N) is 3. The molecule has 0 unspecified atom stereocenters. The molecule has 1 atom stereocenters. The number of aromatic nitrogens is 3. The highest BCUT2D eigenvalue weighted by Gasteiger charge is 2.21. The third kappa shape index (κ3) is 5.34. The molecule has 0 bridgehead atoms.